The molecule has 0 aliphatic carbocycles. The molecule has 118 valence electrons. The first kappa shape index (κ1) is 17.8. The molecule has 1 fully saturated rings. The van der Waals surface area contributed by atoms with E-state index in [1.54, 1.807) is 0 Å². The normalized spacial score (nSPS) is 19.8. The first-order valence-electron chi connectivity index (χ1n) is 6.00. The molecule has 0 bridgehead atoms. The molecule has 1 aliphatic heterocycles. The van der Waals surface area contributed by atoms with Gasteiger partial charge in [0, 0.05) is 25.7 Å². The van der Waals surface area contributed by atoms with Crippen LogP contribution in [0.15, 0.2) is 23.1 Å². The van der Waals surface area contributed by atoms with Gasteiger partial charge in [-0.3, -0.25) is 10.1 Å². The van der Waals surface area contributed by atoms with Crippen LogP contribution in [-0.2, 0) is 10.0 Å². The van der Waals surface area contributed by atoms with Crippen molar-refractivity contribution in [3.05, 3.63) is 34.1 Å². The number of nitrogens with zero attached hydrogens (tertiary/aromatic N) is 2. The molecule has 21 heavy (non-hydrogen) atoms. The van der Waals surface area contributed by atoms with E-state index in [1.165, 1.54) is 0 Å². The average Bonchev–Trinajstić information content (AvgIpc) is 2.38. The van der Waals surface area contributed by atoms with E-state index < -0.39 is 31.3 Å². The van der Waals surface area contributed by atoms with Gasteiger partial charge in [0.1, 0.15) is 0 Å². The van der Waals surface area contributed by atoms with Crippen molar-refractivity contribution in [3.8, 4) is 0 Å². The maximum atomic E-state index is 13.5. The summed E-state index contributed by atoms with van der Waals surface area (Å²) in [6.07, 6.45) is 0. The van der Waals surface area contributed by atoms with E-state index in [2.05, 4.69) is 5.32 Å². The SMILES string of the molecule is CC1CN(S(=O)(=O)c2cccc(F)c2[N+](=O)[O-])CCN1.Cl. The van der Waals surface area contributed by atoms with Crippen molar-refractivity contribution in [1.82, 2.24) is 9.62 Å². The molecular formula is C11H15ClFN3O4S. The van der Waals surface area contributed by atoms with Gasteiger partial charge >= 0.3 is 5.69 Å². The van der Waals surface area contributed by atoms with Crippen molar-refractivity contribution in [2.24, 2.45) is 0 Å². The molecule has 1 atom stereocenters. The Hall–Kier alpha value is -1.29. The van der Waals surface area contributed by atoms with Crippen LogP contribution in [0, 0.1) is 15.9 Å². The van der Waals surface area contributed by atoms with Gasteiger partial charge in [-0.15, -0.1) is 12.4 Å². The molecule has 1 aromatic rings. The Morgan fingerprint density at radius 3 is 2.71 bits per heavy atom. The van der Waals surface area contributed by atoms with E-state index in [4.69, 9.17) is 0 Å². The Balaban J connectivity index is 0.00000220. The quantitative estimate of drug-likeness (QED) is 0.658. The highest BCUT2D eigenvalue weighted by atomic mass is 35.5. The van der Waals surface area contributed by atoms with Crippen LogP contribution in [0.3, 0.4) is 0 Å². The molecule has 10 heteroatoms. The van der Waals surface area contributed by atoms with Gasteiger partial charge in [0.25, 0.3) is 0 Å². The van der Waals surface area contributed by atoms with E-state index in [9.17, 15) is 22.9 Å². The highest BCUT2D eigenvalue weighted by molar-refractivity contribution is 7.89. The number of para-hydroxylation sites is 1. The van der Waals surface area contributed by atoms with E-state index in [-0.39, 0.29) is 31.5 Å². The van der Waals surface area contributed by atoms with Crippen LogP contribution in [0.2, 0.25) is 0 Å². The van der Waals surface area contributed by atoms with Crippen molar-refractivity contribution in [2.75, 3.05) is 19.6 Å². The molecular weight excluding hydrogens is 325 g/mol. The minimum Gasteiger partial charge on any atom is -0.312 e. The minimum absolute atomic E-state index is 0. The van der Waals surface area contributed by atoms with Crippen LogP contribution in [0.1, 0.15) is 6.92 Å². The van der Waals surface area contributed by atoms with Gasteiger partial charge < -0.3 is 5.32 Å². The lowest BCUT2D eigenvalue weighted by molar-refractivity contribution is -0.390. The number of hydrogen-bond donors (Lipinski definition) is 1. The van der Waals surface area contributed by atoms with Crippen LogP contribution in [0.5, 0.6) is 0 Å². The second kappa shape index (κ2) is 6.65. The lowest BCUT2D eigenvalue weighted by Crippen LogP contribution is -2.51. The van der Waals surface area contributed by atoms with Crippen LogP contribution in [0.4, 0.5) is 10.1 Å². The molecule has 1 saturated heterocycles. The van der Waals surface area contributed by atoms with Crippen LogP contribution >= 0.6 is 12.4 Å². The van der Waals surface area contributed by atoms with Gasteiger partial charge in [-0.05, 0) is 19.1 Å². The first-order valence-corrected chi connectivity index (χ1v) is 7.44. The first-order chi connectivity index (χ1) is 9.34. The number of halogens is 2. The summed E-state index contributed by atoms with van der Waals surface area (Å²) in [5.74, 6) is -1.15. The largest absolute Gasteiger partial charge is 0.324 e. The molecule has 1 heterocycles. The lowest BCUT2D eigenvalue weighted by atomic mass is 10.3. The van der Waals surface area contributed by atoms with Crippen molar-refractivity contribution < 1.29 is 17.7 Å². The third-order valence-corrected chi connectivity index (χ3v) is 4.98. The Labute approximate surface area is 127 Å². The van der Waals surface area contributed by atoms with Crippen molar-refractivity contribution in [2.45, 2.75) is 17.9 Å². The fourth-order valence-corrected chi connectivity index (χ4v) is 3.83. The molecule has 7 nitrogen and oxygen atoms in total. The van der Waals surface area contributed by atoms with Gasteiger partial charge in [-0.2, -0.15) is 8.70 Å². The van der Waals surface area contributed by atoms with Crippen LogP contribution in [0.25, 0.3) is 0 Å². The van der Waals surface area contributed by atoms with E-state index >= 15 is 0 Å². The van der Waals surface area contributed by atoms with Crippen molar-refractivity contribution >= 4 is 28.1 Å². The van der Waals surface area contributed by atoms with Crippen LogP contribution < -0.4 is 5.32 Å². The third-order valence-electron chi connectivity index (χ3n) is 3.08. The highest BCUT2D eigenvalue weighted by Gasteiger charge is 2.35. The zero-order chi connectivity index (χ0) is 14.9. The maximum Gasteiger partial charge on any atom is 0.324 e. The predicted molar refractivity (Wildman–Crippen MR) is 76.5 cm³/mol. The van der Waals surface area contributed by atoms with Crippen molar-refractivity contribution in [1.29, 1.82) is 0 Å². The van der Waals surface area contributed by atoms with E-state index in [1.807, 2.05) is 6.92 Å². The predicted octanol–water partition coefficient (Wildman–Crippen LogP) is 1.14. The molecule has 2 rings (SSSR count). The number of piperazine rings is 1. The van der Waals surface area contributed by atoms with E-state index in [0.29, 0.717) is 6.54 Å². The van der Waals surface area contributed by atoms with Gasteiger partial charge in [0.15, 0.2) is 4.90 Å². The molecule has 1 unspecified atom stereocenters. The summed E-state index contributed by atoms with van der Waals surface area (Å²) >= 11 is 0. The minimum atomic E-state index is -4.08. The standard InChI is InChI=1S/C11H14FN3O4S.ClH/c1-8-7-14(6-5-13-8)20(18,19)10-4-2-3-9(12)11(10)15(16)17;/h2-4,8,13H,5-7H2,1H3;1H. The summed E-state index contributed by atoms with van der Waals surface area (Å²) in [4.78, 5) is 9.30. The summed E-state index contributed by atoms with van der Waals surface area (Å²) in [5.41, 5.74) is -1.00. The lowest BCUT2D eigenvalue weighted by Gasteiger charge is -2.30. The number of sulfonamides is 1. The second-order valence-corrected chi connectivity index (χ2v) is 6.47. The topological polar surface area (TPSA) is 92.5 Å². The average molecular weight is 340 g/mol. The van der Waals surface area contributed by atoms with Crippen molar-refractivity contribution in [3.63, 3.8) is 0 Å². The molecule has 0 saturated carbocycles. The fourth-order valence-electron chi connectivity index (χ4n) is 2.14. The Kier molecular flexibility index (Phi) is 5.62. The zero-order valence-corrected chi connectivity index (χ0v) is 12.8. The zero-order valence-electron chi connectivity index (χ0n) is 11.2. The molecule has 0 aromatic heterocycles. The molecule has 1 N–H and O–H groups in total. The second-order valence-electron chi connectivity index (χ2n) is 4.56. The number of nitro groups is 1. The summed E-state index contributed by atoms with van der Waals surface area (Å²) < 4.78 is 39.5. The summed E-state index contributed by atoms with van der Waals surface area (Å²) in [6.45, 7) is 2.64. The monoisotopic (exact) mass is 339 g/mol. The smallest absolute Gasteiger partial charge is 0.312 e. The van der Waals surface area contributed by atoms with Gasteiger partial charge in [-0.1, -0.05) is 6.07 Å². The molecule has 0 amide bonds. The molecule has 1 aliphatic rings. The maximum absolute atomic E-state index is 13.5. The molecule has 0 radical (unpaired) electrons. The summed E-state index contributed by atoms with van der Waals surface area (Å²) in [7, 11) is -4.08. The third kappa shape index (κ3) is 3.49. The fraction of sp³-hybridized carbons (Fsp3) is 0.455. The number of hydrogen-bond acceptors (Lipinski definition) is 5. The summed E-state index contributed by atoms with van der Waals surface area (Å²) in [6, 6.07) is 3.02. The van der Waals surface area contributed by atoms with Gasteiger partial charge in [-0.25, -0.2) is 8.42 Å². The number of rotatable bonds is 3. The van der Waals surface area contributed by atoms with Gasteiger partial charge in [0.2, 0.25) is 15.8 Å². The number of nitrogens with one attached hydrogen (secondary N) is 1. The summed E-state index contributed by atoms with van der Waals surface area (Å²) in [5, 5.41) is 14.0. The van der Waals surface area contributed by atoms with Gasteiger partial charge in [0.05, 0.1) is 4.92 Å². The van der Waals surface area contributed by atoms with E-state index in [0.717, 1.165) is 22.5 Å². The number of nitro benzene ring substituents is 1. The van der Waals surface area contributed by atoms with Crippen LogP contribution in [-0.4, -0.2) is 43.3 Å². The Bertz CT molecular complexity index is 640. The Morgan fingerprint density at radius 2 is 2.14 bits per heavy atom. The molecule has 0 spiro atoms. The Morgan fingerprint density at radius 1 is 1.48 bits per heavy atom. The molecule has 1 aromatic carbocycles. The highest BCUT2D eigenvalue weighted by Crippen LogP contribution is 2.29. The number of benzene rings is 1.